The number of nitrogens with one attached hydrogen (secondary N) is 2. The molecule has 0 radical (unpaired) electrons. The molecule has 3 rings (SSSR count). The smallest absolute Gasteiger partial charge is 0.340 e. The number of hydrazine groups is 1. The van der Waals surface area contributed by atoms with Gasteiger partial charge in [-0.05, 0) is 17.5 Å². The van der Waals surface area contributed by atoms with E-state index in [1.54, 1.807) is 0 Å². The third-order valence-corrected chi connectivity index (χ3v) is 4.24. The fourth-order valence-corrected chi connectivity index (χ4v) is 2.98. The molecule has 0 atom stereocenters. The van der Waals surface area contributed by atoms with E-state index in [1.165, 1.54) is 0 Å². The summed E-state index contributed by atoms with van der Waals surface area (Å²) in [6, 6.07) is 18.3. The first-order chi connectivity index (χ1) is 13.4. The number of carbonyl (C=O) groups excluding carboxylic acids is 2. The molecule has 3 N–H and O–H groups in total. The Labute approximate surface area is 164 Å². The zero-order chi connectivity index (χ0) is 20.6. The van der Waals surface area contributed by atoms with Crippen LogP contribution in [-0.4, -0.2) is 34.6 Å². The lowest BCUT2D eigenvalue weighted by Gasteiger charge is -2.27. The molecule has 0 aromatic heterocycles. The van der Waals surface area contributed by atoms with Crippen molar-refractivity contribution in [3.63, 3.8) is 0 Å². The van der Waals surface area contributed by atoms with Gasteiger partial charge < -0.3 is 10.4 Å². The van der Waals surface area contributed by atoms with E-state index in [9.17, 15) is 9.59 Å². The minimum absolute atomic E-state index is 0.305. The Morgan fingerprint density at radius 3 is 1.93 bits per heavy atom. The lowest BCUT2D eigenvalue weighted by Crippen LogP contribution is -2.47. The van der Waals surface area contributed by atoms with Gasteiger partial charge in [0.25, 0.3) is 11.9 Å². The highest BCUT2D eigenvalue weighted by atomic mass is 16.4. The van der Waals surface area contributed by atoms with Crippen LogP contribution in [0.4, 0.5) is 4.79 Å². The predicted octanol–water partition coefficient (Wildman–Crippen LogP) is 2.88. The number of benzene rings is 2. The normalized spacial score (nSPS) is 14.9. The summed E-state index contributed by atoms with van der Waals surface area (Å²) in [4.78, 5) is 34.7. The van der Waals surface area contributed by atoms with Crippen molar-refractivity contribution < 1.29 is 19.5 Å². The van der Waals surface area contributed by atoms with Gasteiger partial charge in [0.15, 0.2) is 5.54 Å². The number of hydrogen-bond donors (Lipinski definition) is 3. The van der Waals surface area contributed by atoms with Crippen molar-refractivity contribution in [3.05, 3.63) is 71.8 Å². The molecule has 1 saturated heterocycles. The Balaban J connectivity index is 0.000000640. The van der Waals surface area contributed by atoms with E-state index < -0.39 is 17.5 Å². The standard InChI is InChI=1S/C19H21N3O2.C2H4O2/c1-2-3-14-20-22-17(23)19(21-18(22)24,15-10-6-4-7-11-15)16-12-8-5-9-13-16;1-2(3)4/h4-13,20H,2-3,14H2,1H3,(H,21,24);1H3,(H,3,4). The molecular weight excluding hydrogens is 358 g/mol. The first-order valence-corrected chi connectivity index (χ1v) is 9.14. The van der Waals surface area contributed by atoms with Crippen LogP contribution in [0, 0.1) is 0 Å². The first-order valence-electron chi connectivity index (χ1n) is 9.14. The minimum atomic E-state index is -1.20. The monoisotopic (exact) mass is 383 g/mol. The average Bonchev–Trinajstić information content (AvgIpc) is 2.95. The maximum atomic E-state index is 13.2. The van der Waals surface area contributed by atoms with E-state index in [2.05, 4.69) is 17.7 Å². The van der Waals surface area contributed by atoms with Crippen LogP contribution >= 0.6 is 0 Å². The van der Waals surface area contributed by atoms with Gasteiger partial charge in [0.05, 0.1) is 0 Å². The van der Waals surface area contributed by atoms with Gasteiger partial charge >= 0.3 is 6.03 Å². The minimum Gasteiger partial charge on any atom is -0.481 e. The third-order valence-electron chi connectivity index (χ3n) is 4.24. The number of urea groups is 1. The average molecular weight is 383 g/mol. The number of carboxylic acids is 1. The summed E-state index contributed by atoms with van der Waals surface area (Å²) in [7, 11) is 0. The molecule has 1 aliphatic rings. The number of unbranched alkanes of at least 4 members (excludes halogenated alkanes) is 1. The molecule has 1 fully saturated rings. The largest absolute Gasteiger partial charge is 0.481 e. The molecule has 3 amide bonds. The molecule has 0 spiro atoms. The van der Waals surface area contributed by atoms with Gasteiger partial charge in [0, 0.05) is 13.5 Å². The summed E-state index contributed by atoms with van der Waals surface area (Å²) in [5.74, 6) is -1.14. The second-order valence-electron chi connectivity index (χ2n) is 6.33. The van der Waals surface area contributed by atoms with E-state index >= 15 is 0 Å². The number of carboxylic acid groups (broad SMARTS) is 1. The number of rotatable bonds is 6. The molecular formula is C21H25N3O4. The van der Waals surface area contributed by atoms with Crippen LogP contribution in [0.15, 0.2) is 60.7 Å². The van der Waals surface area contributed by atoms with Crippen LogP contribution in [0.3, 0.4) is 0 Å². The van der Waals surface area contributed by atoms with Gasteiger partial charge in [-0.1, -0.05) is 74.0 Å². The molecule has 2 aromatic rings. The molecule has 28 heavy (non-hydrogen) atoms. The molecule has 7 nitrogen and oxygen atoms in total. The van der Waals surface area contributed by atoms with Gasteiger partial charge in [0.1, 0.15) is 0 Å². The summed E-state index contributed by atoms with van der Waals surface area (Å²) >= 11 is 0. The van der Waals surface area contributed by atoms with Gasteiger partial charge in [0.2, 0.25) is 0 Å². The Bertz CT molecular complexity index is 765. The van der Waals surface area contributed by atoms with Crippen molar-refractivity contribution in [1.82, 2.24) is 15.8 Å². The van der Waals surface area contributed by atoms with Crippen molar-refractivity contribution in [2.45, 2.75) is 32.2 Å². The van der Waals surface area contributed by atoms with E-state index in [0.717, 1.165) is 35.9 Å². The van der Waals surface area contributed by atoms with Crippen LogP contribution in [0.5, 0.6) is 0 Å². The lowest BCUT2D eigenvalue weighted by molar-refractivity contribution is -0.134. The van der Waals surface area contributed by atoms with Crippen molar-refractivity contribution in [1.29, 1.82) is 0 Å². The summed E-state index contributed by atoms with van der Waals surface area (Å²) in [5, 5.41) is 11.4. The third kappa shape index (κ3) is 4.55. The SMILES string of the molecule is CC(=O)O.CCCCNN1C(=O)NC(c2ccccc2)(c2ccccc2)C1=O. The second-order valence-corrected chi connectivity index (χ2v) is 6.33. The van der Waals surface area contributed by atoms with Crippen LogP contribution in [0.1, 0.15) is 37.8 Å². The van der Waals surface area contributed by atoms with Crippen molar-refractivity contribution in [2.24, 2.45) is 0 Å². The zero-order valence-corrected chi connectivity index (χ0v) is 16.0. The molecule has 7 heteroatoms. The highest BCUT2D eigenvalue weighted by Gasteiger charge is 2.53. The number of nitrogens with zero attached hydrogens (tertiary/aromatic N) is 1. The van der Waals surface area contributed by atoms with Crippen molar-refractivity contribution in [3.8, 4) is 0 Å². The van der Waals surface area contributed by atoms with Gasteiger partial charge in [-0.2, -0.15) is 5.01 Å². The van der Waals surface area contributed by atoms with Gasteiger partial charge in [-0.25, -0.2) is 10.2 Å². The Hall–Kier alpha value is -3.19. The highest BCUT2D eigenvalue weighted by Crippen LogP contribution is 2.35. The molecule has 0 saturated carbocycles. The maximum absolute atomic E-state index is 13.2. The van der Waals surface area contributed by atoms with Crippen molar-refractivity contribution in [2.75, 3.05) is 6.54 Å². The zero-order valence-electron chi connectivity index (χ0n) is 16.0. The molecule has 0 bridgehead atoms. The van der Waals surface area contributed by atoms with Crippen LogP contribution in [-0.2, 0) is 15.1 Å². The Morgan fingerprint density at radius 1 is 1.04 bits per heavy atom. The van der Waals surface area contributed by atoms with Crippen LogP contribution in [0.25, 0.3) is 0 Å². The van der Waals surface area contributed by atoms with E-state index in [0.29, 0.717) is 6.54 Å². The number of amides is 3. The predicted molar refractivity (Wildman–Crippen MR) is 105 cm³/mol. The number of imide groups is 1. The molecule has 1 aliphatic heterocycles. The van der Waals surface area contributed by atoms with E-state index in [4.69, 9.17) is 9.90 Å². The summed E-state index contributed by atoms with van der Waals surface area (Å²) in [6.07, 6.45) is 1.87. The van der Waals surface area contributed by atoms with Gasteiger partial charge in [-0.15, -0.1) is 0 Å². The quantitative estimate of drug-likeness (QED) is 0.526. The molecule has 1 heterocycles. The summed E-state index contributed by atoms with van der Waals surface area (Å²) in [6.45, 7) is 3.72. The molecule has 2 aromatic carbocycles. The molecule has 148 valence electrons. The number of aliphatic carboxylic acids is 1. The van der Waals surface area contributed by atoms with E-state index in [1.807, 2.05) is 60.7 Å². The van der Waals surface area contributed by atoms with Gasteiger partial charge in [-0.3, -0.25) is 9.59 Å². The van der Waals surface area contributed by atoms with E-state index in [-0.39, 0.29) is 5.91 Å². The second kappa shape index (κ2) is 9.66. The summed E-state index contributed by atoms with van der Waals surface area (Å²) in [5.41, 5.74) is 3.24. The lowest BCUT2D eigenvalue weighted by atomic mass is 9.83. The summed E-state index contributed by atoms with van der Waals surface area (Å²) < 4.78 is 0. The number of carbonyl (C=O) groups is 3. The number of hydrogen-bond acceptors (Lipinski definition) is 4. The topological polar surface area (TPSA) is 98.7 Å². The Kier molecular flexibility index (Phi) is 7.28. The fraction of sp³-hybridized carbons (Fsp3) is 0.286. The molecule has 0 unspecified atom stereocenters. The fourth-order valence-electron chi connectivity index (χ4n) is 2.98. The van der Waals surface area contributed by atoms with Crippen LogP contribution < -0.4 is 10.7 Å². The Morgan fingerprint density at radius 2 is 1.50 bits per heavy atom. The first kappa shape index (κ1) is 21.1. The highest BCUT2D eigenvalue weighted by molar-refractivity contribution is 6.09. The van der Waals surface area contributed by atoms with Crippen molar-refractivity contribution >= 4 is 17.9 Å². The molecule has 0 aliphatic carbocycles. The maximum Gasteiger partial charge on any atom is 0.340 e. The van der Waals surface area contributed by atoms with Crippen LogP contribution in [0.2, 0.25) is 0 Å².